The molecule has 47 valence electrons. The Morgan fingerprint density at radius 1 is 1.00 bits per heavy atom. The molecule has 0 nitrogen and oxygen atoms in total. The Bertz CT molecular complexity index is 169. The van der Waals surface area contributed by atoms with E-state index in [1.807, 2.05) is 0 Å². The van der Waals surface area contributed by atoms with E-state index in [0.29, 0.717) is 15.1 Å². The van der Waals surface area contributed by atoms with E-state index >= 15 is 0 Å². The maximum atomic E-state index is 5.56. The number of hydrogen-bond donors (Lipinski definition) is 0. The summed E-state index contributed by atoms with van der Waals surface area (Å²) < 4.78 is 0. The monoisotopic (exact) mass is 179 g/mol. The average molecular weight is 180 g/mol. The molecule has 0 heterocycles. The number of hydrogen-bond acceptors (Lipinski definition) is 0. The third-order valence-corrected chi connectivity index (χ3v) is 1.39. The van der Waals surface area contributed by atoms with Gasteiger partial charge in [-0.05, 0) is 12.1 Å². The molecule has 0 atom stereocenters. The first-order valence-electron chi connectivity index (χ1n) is 2.22. The van der Waals surface area contributed by atoms with Crippen molar-refractivity contribution in [3.05, 3.63) is 33.3 Å². The maximum Gasteiger partial charge on any atom is 0.0515 e. The van der Waals surface area contributed by atoms with Crippen molar-refractivity contribution in [2.24, 2.45) is 0 Å². The van der Waals surface area contributed by atoms with Crippen LogP contribution in [0.5, 0.6) is 0 Å². The molecule has 1 radical (unpaired) electrons. The lowest BCUT2D eigenvalue weighted by molar-refractivity contribution is 1.69. The largest absolute Gasteiger partial charge is 0.0842 e. The minimum atomic E-state index is 0.438. The van der Waals surface area contributed by atoms with Crippen LogP contribution in [0.4, 0.5) is 0 Å². The fraction of sp³-hybridized carbons (Fsp3) is 0. The molecule has 0 amide bonds. The van der Waals surface area contributed by atoms with Gasteiger partial charge in [0.15, 0.2) is 0 Å². The van der Waals surface area contributed by atoms with E-state index in [4.69, 9.17) is 34.8 Å². The quantitative estimate of drug-likeness (QED) is 0.574. The van der Waals surface area contributed by atoms with E-state index in [1.54, 1.807) is 12.1 Å². The first-order valence-corrected chi connectivity index (χ1v) is 3.36. The van der Waals surface area contributed by atoms with Gasteiger partial charge in [0.1, 0.15) is 0 Å². The van der Waals surface area contributed by atoms with Crippen LogP contribution in [0.1, 0.15) is 0 Å². The van der Waals surface area contributed by atoms with E-state index in [9.17, 15) is 0 Å². The summed E-state index contributed by atoms with van der Waals surface area (Å²) >= 11 is 16.6. The molecule has 0 aromatic heterocycles. The minimum absolute atomic E-state index is 0.438. The van der Waals surface area contributed by atoms with Gasteiger partial charge >= 0.3 is 0 Å². The van der Waals surface area contributed by atoms with Crippen LogP contribution in [0.25, 0.3) is 0 Å². The molecule has 0 aliphatic rings. The Morgan fingerprint density at radius 3 is 1.78 bits per heavy atom. The van der Waals surface area contributed by atoms with Gasteiger partial charge < -0.3 is 0 Å². The first-order chi connectivity index (χ1) is 4.18. The van der Waals surface area contributed by atoms with Crippen molar-refractivity contribution in [1.82, 2.24) is 0 Å². The Labute approximate surface area is 68.3 Å². The average Bonchev–Trinajstić information content (AvgIpc) is 1.59. The number of benzene rings is 1. The number of rotatable bonds is 0. The zero-order chi connectivity index (χ0) is 6.85. The molecule has 0 aliphatic heterocycles. The summed E-state index contributed by atoms with van der Waals surface area (Å²) in [5.41, 5.74) is 0. The molecule has 9 heavy (non-hydrogen) atoms. The molecule has 0 saturated carbocycles. The molecule has 0 saturated heterocycles. The molecule has 1 aromatic carbocycles. The molecule has 0 fully saturated rings. The van der Waals surface area contributed by atoms with Crippen LogP contribution in [0.15, 0.2) is 12.1 Å². The third kappa shape index (κ3) is 2.05. The van der Waals surface area contributed by atoms with Crippen molar-refractivity contribution in [3.63, 3.8) is 0 Å². The summed E-state index contributed by atoms with van der Waals surface area (Å²) in [6.07, 6.45) is 0. The highest BCUT2D eigenvalue weighted by atomic mass is 35.5. The standard InChI is InChI=1S/C6H2Cl3/c7-4-1-5(8)3-6(9)2-4/h1-2H. The molecule has 0 spiro atoms. The van der Waals surface area contributed by atoms with Gasteiger partial charge in [0.05, 0.1) is 10.0 Å². The second-order valence-corrected chi connectivity index (χ2v) is 2.75. The number of halogens is 3. The minimum Gasteiger partial charge on any atom is -0.0842 e. The zero-order valence-corrected chi connectivity index (χ0v) is 6.56. The molecule has 0 unspecified atom stereocenters. The Morgan fingerprint density at radius 2 is 1.44 bits per heavy atom. The van der Waals surface area contributed by atoms with Gasteiger partial charge in [-0.2, -0.15) is 0 Å². The van der Waals surface area contributed by atoms with Crippen molar-refractivity contribution >= 4 is 34.8 Å². The molecule has 0 aliphatic carbocycles. The van der Waals surface area contributed by atoms with Gasteiger partial charge in [-0.15, -0.1) is 0 Å². The van der Waals surface area contributed by atoms with Crippen molar-refractivity contribution in [1.29, 1.82) is 0 Å². The summed E-state index contributed by atoms with van der Waals surface area (Å²) in [5.74, 6) is 0. The SMILES string of the molecule is Clc1[c]c(Cl)cc(Cl)c1. The van der Waals surface area contributed by atoms with Crippen molar-refractivity contribution in [3.8, 4) is 0 Å². The van der Waals surface area contributed by atoms with E-state index in [0.717, 1.165) is 0 Å². The van der Waals surface area contributed by atoms with Gasteiger partial charge in [0, 0.05) is 11.1 Å². The molecule has 1 aromatic rings. The lowest BCUT2D eigenvalue weighted by Gasteiger charge is -1.90. The van der Waals surface area contributed by atoms with E-state index in [1.165, 1.54) is 0 Å². The Kier molecular flexibility index (Phi) is 2.23. The van der Waals surface area contributed by atoms with Gasteiger partial charge in [-0.25, -0.2) is 0 Å². The molecule has 0 bridgehead atoms. The Balaban J connectivity index is 3.17. The lowest BCUT2D eigenvalue weighted by atomic mass is 10.4. The highest BCUT2D eigenvalue weighted by molar-refractivity contribution is 6.38. The van der Waals surface area contributed by atoms with E-state index < -0.39 is 0 Å². The van der Waals surface area contributed by atoms with Gasteiger partial charge in [-0.1, -0.05) is 34.8 Å². The van der Waals surface area contributed by atoms with Crippen LogP contribution >= 0.6 is 34.8 Å². The third-order valence-electron chi connectivity index (χ3n) is 0.768. The van der Waals surface area contributed by atoms with Crippen LogP contribution < -0.4 is 0 Å². The Hall–Kier alpha value is 0.0900. The van der Waals surface area contributed by atoms with Crippen LogP contribution in [0.3, 0.4) is 0 Å². The normalized spacial score (nSPS) is 9.67. The van der Waals surface area contributed by atoms with Gasteiger partial charge in [-0.3, -0.25) is 0 Å². The fourth-order valence-electron chi connectivity index (χ4n) is 0.470. The topological polar surface area (TPSA) is 0 Å². The molecular formula is C6H2Cl3. The molecule has 0 N–H and O–H groups in total. The smallest absolute Gasteiger partial charge is 0.0515 e. The van der Waals surface area contributed by atoms with Crippen LogP contribution in [-0.4, -0.2) is 0 Å². The highest BCUT2D eigenvalue weighted by Crippen LogP contribution is 2.20. The predicted octanol–water partition coefficient (Wildman–Crippen LogP) is 3.45. The lowest BCUT2D eigenvalue weighted by Crippen LogP contribution is -1.66. The highest BCUT2D eigenvalue weighted by Gasteiger charge is 1.93. The van der Waals surface area contributed by atoms with Crippen molar-refractivity contribution in [2.75, 3.05) is 0 Å². The first kappa shape index (κ1) is 7.20. The molecule has 1 rings (SSSR count). The fourth-order valence-corrected chi connectivity index (χ4v) is 1.29. The molecule has 3 heteroatoms. The summed E-state index contributed by atoms with van der Waals surface area (Å²) in [7, 11) is 0. The van der Waals surface area contributed by atoms with Crippen molar-refractivity contribution in [2.45, 2.75) is 0 Å². The van der Waals surface area contributed by atoms with E-state index in [-0.39, 0.29) is 0 Å². The summed E-state index contributed by atoms with van der Waals surface area (Å²) in [6.45, 7) is 0. The second kappa shape index (κ2) is 2.78. The van der Waals surface area contributed by atoms with Gasteiger partial charge in [0.2, 0.25) is 0 Å². The second-order valence-electron chi connectivity index (χ2n) is 1.49. The van der Waals surface area contributed by atoms with E-state index in [2.05, 4.69) is 6.07 Å². The summed E-state index contributed by atoms with van der Waals surface area (Å²) in [5, 5.41) is 1.41. The molecular weight excluding hydrogens is 178 g/mol. The summed E-state index contributed by atoms with van der Waals surface area (Å²) in [6, 6.07) is 5.81. The van der Waals surface area contributed by atoms with Crippen LogP contribution in [0, 0.1) is 6.07 Å². The van der Waals surface area contributed by atoms with Crippen molar-refractivity contribution < 1.29 is 0 Å². The van der Waals surface area contributed by atoms with Gasteiger partial charge in [0.25, 0.3) is 0 Å². The summed E-state index contributed by atoms with van der Waals surface area (Å²) in [4.78, 5) is 0. The van der Waals surface area contributed by atoms with Crippen LogP contribution in [0.2, 0.25) is 15.1 Å². The predicted molar refractivity (Wildman–Crippen MR) is 40.3 cm³/mol. The van der Waals surface area contributed by atoms with Crippen LogP contribution in [-0.2, 0) is 0 Å². The maximum absolute atomic E-state index is 5.56. The zero-order valence-electron chi connectivity index (χ0n) is 4.29.